The summed E-state index contributed by atoms with van der Waals surface area (Å²) in [7, 11) is 1.68. The van der Waals surface area contributed by atoms with Crippen LogP contribution in [-0.4, -0.2) is 24.5 Å². The van der Waals surface area contributed by atoms with E-state index in [0.717, 1.165) is 35.2 Å². The number of ether oxygens (including phenoxy) is 1. The fraction of sp³-hybridized carbons (Fsp3) is 0.455. The first-order valence-electron chi connectivity index (χ1n) is 9.20. The van der Waals surface area contributed by atoms with Gasteiger partial charge in [-0.15, -0.1) is 0 Å². The first kappa shape index (κ1) is 20.1. The number of benzene rings is 1. The molecule has 0 aliphatic heterocycles. The van der Waals surface area contributed by atoms with Crippen LogP contribution in [0.1, 0.15) is 45.2 Å². The largest absolute Gasteiger partial charge is 0.380 e. The van der Waals surface area contributed by atoms with Gasteiger partial charge in [-0.2, -0.15) is 0 Å². The fourth-order valence-corrected chi connectivity index (χ4v) is 2.73. The highest BCUT2D eigenvalue weighted by molar-refractivity contribution is 5.87. The number of rotatable bonds is 8. The van der Waals surface area contributed by atoms with Crippen LogP contribution in [0.4, 0.5) is 0 Å². The Balaban J connectivity index is 2.15. The Hall–Kier alpha value is -2.20. The van der Waals surface area contributed by atoms with Gasteiger partial charge in [0.1, 0.15) is 0 Å². The van der Waals surface area contributed by atoms with Gasteiger partial charge in [0, 0.05) is 31.6 Å². The number of hydrogen-bond donors (Lipinski definition) is 1. The second-order valence-corrected chi connectivity index (χ2v) is 7.44. The monoisotopic (exact) mass is 354 g/mol. The highest BCUT2D eigenvalue weighted by Gasteiger charge is 2.29. The van der Waals surface area contributed by atoms with E-state index in [9.17, 15) is 4.79 Å². The summed E-state index contributed by atoms with van der Waals surface area (Å²) in [6, 6.07) is 10.2. The molecular formula is C22H30N2O2. The maximum Gasteiger partial charge on any atom is 0.230 e. The van der Waals surface area contributed by atoms with Gasteiger partial charge < -0.3 is 10.1 Å². The smallest absolute Gasteiger partial charge is 0.230 e. The van der Waals surface area contributed by atoms with Crippen molar-refractivity contribution in [2.24, 2.45) is 5.92 Å². The quantitative estimate of drug-likeness (QED) is 0.767. The van der Waals surface area contributed by atoms with Crippen molar-refractivity contribution in [1.29, 1.82) is 0 Å². The number of aromatic nitrogens is 1. The molecule has 1 atom stereocenters. The van der Waals surface area contributed by atoms with Gasteiger partial charge in [-0.25, -0.2) is 0 Å². The first-order valence-corrected chi connectivity index (χ1v) is 9.20. The standard InChI is InChI=1S/C22H30N2O2/c1-6-16(2)12-24-21(25)22(3,4)20-9-7-18(8-10-20)19-11-17(15-26-5)13-23-14-19/h7-11,13-14,16H,6,12,15H2,1-5H3,(H,24,25). The zero-order chi connectivity index (χ0) is 19.2. The van der Waals surface area contributed by atoms with Gasteiger partial charge in [-0.05, 0) is 42.5 Å². The van der Waals surface area contributed by atoms with Gasteiger partial charge >= 0.3 is 0 Å². The number of nitrogens with one attached hydrogen (secondary N) is 1. The summed E-state index contributed by atoms with van der Waals surface area (Å²) in [6.07, 6.45) is 4.72. The second-order valence-electron chi connectivity index (χ2n) is 7.44. The van der Waals surface area contributed by atoms with Gasteiger partial charge in [-0.1, -0.05) is 44.5 Å². The van der Waals surface area contributed by atoms with Crippen LogP contribution in [0.5, 0.6) is 0 Å². The molecule has 2 rings (SSSR count). The van der Waals surface area contributed by atoms with E-state index in [2.05, 4.69) is 30.2 Å². The molecule has 4 heteroatoms. The van der Waals surface area contributed by atoms with Crippen LogP contribution >= 0.6 is 0 Å². The van der Waals surface area contributed by atoms with Crippen LogP contribution in [-0.2, 0) is 21.6 Å². The van der Waals surface area contributed by atoms with Crippen molar-refractivity contribution in [1.82, 2.24) is 10.3 Å². The van der Waals surface area contributed by atoms with Gasteiger partial charge in [0.25, 0.3) is 0 Å². The molecule has 0 aliphatic rings. The normalized spacial score (nSPS) is 12.7. The minimum atomic E-state index is -0.567. The molecule has 4 nitrogen and oxygen atoms in total. The lowest BCUT2D eigenvalue weighted by molar-refractivity contribution is -0.125. The molecule has 0 radical (unpaired) electrons. The van der Waals surface area contributed by atoms with Crippen molar-refractivity contribution in [3.8, 4) is 11.1 Å². The molecule has 140 valence electrons. The van der Waals surface area contributed by atoms with Crippen molar-refractivity contribution < 1.29 is 9.53 Å². The Morgan fingerprint density at radius 1 is 1.19 bits per heavy atom. The minimum absolute atomic E-state index is 0.0642. The lowest BCUT2D eigenvalue weighted by Crippen LogP contribution is -2.41. The third kappa shape index (κ3) is 4.92. The third-order valence-corrected chi connectivity index (χ3v) is 4.92. The molecule has 0 bridgehead atoms. The zero-order valence-electron chi connectivity index (χ0n) is 16.5. The molecule has 0 aliphatic carbocycles. The molecule has 0 spiro atoms. The van der Waals surface area contributed by atoms with E-state index in [1.807, 2.05) is 50.5 Å². The molecule has 0 fully saturated rings. The Morgan fingerprint density at radius 2 is 1.88 bits per heavy atom. The molecular weight excluding hydrogens is 324 g/mol. The summed E-state index contributed by atoms with van der Waals surface area (Å²) in [5.74, 6) is 0.554. The van der Waals surface area contributed by atoms with Gasteiger partial charge in [-0.3, -0.25) is 9.78 Å². The number of carbonyl (C=O) groups excluding carboxylic acids is 1. The number of pyridine rings is 1. The molecule has 2 aromatic rings. The number of methoxy groups -OCH3 is 1. The molecule has 1 N–H and O–H groups in total. The molecule has 0 saturated carbocycles. The van der Waals surface area contributed by atoms with Crippen molar-refractivity contribution in [2.45, 2.75) is 46.1 Å². The van der Waals surface area contributed by atoms with E-state index in [1.54, 1.807) is 7.11 Å². The predicted molar refractivity (Wildman–Crippen MR) is 106 cm³/mol. The topological polar surface area (TPSA) is 51.2 Å². The van der Waals surface area contributed by atoms with E-state index in [1.165, 1.54) is 0 Å². The van der Waals surface area contributed by atoms with Crippen LogP contribution in [0.3, 0.4) is 0 Å². The Labute approximate surface area is 157 Å². The Bertz CT molecular complexity index is 723. The first-order chi connectivity index (χ1) is 12.4. The summed E-state index contributed by atoms with van der Waals surface area (Å²) in [6.45, 7) is 9.48. The van der Waals surface area contributed by atoms with Crippen LogP contribution in [0.2, 0.25) is 0 Å². The van der Waals surface area contributed by atoms with E-state index in [0.29, 0.717) is 12.5 Å². The van der Waals surface area contributed by atoms with Crippen LogP contribution in [0.15, 0.2) is 42.7 Å². The molecule has 1 unspecified atom stereocenters. The fourth-order valence-electron chi connectivity index (χ4n) is 2.73. The predicted octanol–water partition coefficient (Wildman–Crippen LogP) is 4.33. The number of amides is 1. The lowest BCUT2D eigenvalue weighted by Gasteiger charge is -2.25. The van der Waals surface area contributed by atoms with E-state index in [-0.39, 0.29) is 5.91 Å². The molecule has 1 aromatic heterocycles. The van der Waals surface area contributed by atoms with E-state index >= 15 is 0 Å². The molecule has 1 heterocycles. The zero-order valence-corrected chi connectivity index (χ0v) is 16.5. The highest BCUT2D eigenvalue weighted by Crippen LogP contribution is 2.27. The molecule has 1 amide bonds. The van der Waals surface area contributed by atoms with Crippen molar-refractivity contribution >= 4 is 5.91 Å². The average Bonchev–Trinajstić information content (AvgIpc) is 2.66. The number of nitrogens with zero attached hydrogens (tertiary/aromatic N) is 1. The maximum atomic E-state index is 12.6. The van der Waals surface area contributed by atoms with Crippen molar-refractivity contribution in [3.63, 3.8) is 0 Å². The SMILES string of the molecule is CCC(C)CNC(=O)C(C)(C)c1ccc(-c2cncc(COC)c2)cc1. The highest BCUT2D eigenvalue weighted by atomic mass is 16.5. The average molecular weight is 354 g/mol. The van der Waals surface area contributed by atoms with Crippen LogP contribution in [0, 0.1) is 5.92 Å². The van der Waals surface area contributed by atoms with Crippen molar-refractivity contribution in [3.05, 3.63) is 53.9 Å². The summed E-state index contributed by atoms with van der Waals surface area (Å²) < 4.78 is 5.17. The Kier molecular flexibility index (Phi) is 6.92. The molecule has 1 aromatic carbocycles. The maximum absolute atomic E-state index is 12.6. The van der Waals surface area contributed by atoms with Crippen molar-refractivity contribution in [2.75, 3.05) is 13.7 Å². The summed E-state index contributed by atoms with van der Waals surface area (Å²) in [4.78, 5) is 16.9. The van der Waals surface area contributed by atoms with Crippen LogP contribution in [0.25, 0.3) is 11.1 Å². The third-order valence-electron chi connectivity index (χ3n) is 4.92. The van der Waals surface area contributed by atoms with Gasteiger partial charge in [0.05, 0.1) is 12.0 Å². The van der Waals surface area contributed by atoms with Crippen LogP contribution < -0.4 is 5.32 Å². The van der Waals surface area contributed by atoms with Gasteiger partial charge in [0.2, 0.25) is 5.91 Å². The number of hydrogen-bond acceptors (Lipinski definition) is 3. The van der Waals surface area contributed by atoms with E-state index < -0.39 is 5.41 Å². The summed E-state index contributed by atoms with van der Waals surface area (Å²) >= 11 is 0. The summed E-state index contributed by atoms with van der Waals surface area (Å²) in [5, 5.41) is 3.08. The Morgan fingerprint density at radius 3 is 2.50 bits per heavy atom. The molecule has 0 saturated heterocycles. The van der Waals surface area contributed by atoms with E-state index in [4.69, 9.17) is 4.74 Å². The number of carbonyl (C=O) groups is 1. The van der Waals surface area contributed by atoms with Gasteiger partial charge in [0.15, 0.2) is 0 Å². The minimum Gasteiger partial charge on any atom is -0.380 e. The second kappa shape index (κ2) is 8.95. The summed E-state index contributed by atoms with van der Waals surface area (Å²) in [5.41, 5.74) is 3.60. The molecule has 26 heavy (non-hydrogen) atoms. The lowest BCUT2D eigenvalue weighted by atomic mass is 9.83.